The molecule has 0 fully saturated rings. The summed E-state index contributed by atoms with van der Waals surface area (Å²) in [6, 6.07) is 2.28. The first-order valence-electron chi connectivity index (χ1n) is 5.86. The maximum Gasteiger partial charge on any atom is 0.101 e. The van der Waals surface area contributed by atoms with E-state index in [0.29, 0.717) is 0 Å². The Labute approximate surface area is 98.5 Å². The molecule has 16 heavy (non-hydrogen) atoms. The second kappa shape index (κ2) is 3.88. The van der Waals surface area contributed by atoms with E-state index < -0.39 is 5.60 Å². The van der Waals surface area contributed by atoms with E-state index in [2.05, 4.69) is 39.7 Å². The van der Waals surface area contributed by atoms with Gasteiger partial charge in [0.25, 0.3) is 0 Å². The molecule has 0 bridgehead atoms. The minimum atomic E-state index is -0.846. The van der Waals surface area contributed by atoms with Crippen molar-refractivity contribution in [2.24, 2.45) is 0 Å². The van der Waals surface area contributed by atoms with Gasteiger partial charge in [-0.15, -0.1) is 0 Å². The molecule has 3 heteroatoms. The molecule has 92 valence electrons. The molecule has 0 aliphatic heterocycles. The van der Waals surface area contributed by atoms with Gasteiger partial charge in [-0.05, 0) is 33.8 Å². The number of hydrogen-bond donors (Lipinski definition) is 1. The molecule has 1 rings (SSSR count). The van der Waals surface area contributed by atoms with Gasteiger partial charge in [-0.1, -0.05) is 20.8 Å². The maximum absolute atomic E-state index is 10.1. The van der Waals surface area contributed by atoms with Gasteiger partial charge >= 0.3 is 0 Å². The zero-order chi connectivity index (χ0) is 12.7. The molecule has 1 N–H and O–H groups in total. The number of hydrogen-bond acceptors (Lipinski definition) is 2. The van der Waals surface area contributed by atoms with E-state index in [9.17, 15) is 5.11 Å². The first kappa shape index (κ1) is 13.2. The zero-order valence-corrected chi connectivity index (χ0v) is 11.5. The molecule has 0 saturated carbocycles. The monoisotopic (exact) mass is 224 g/mol. The molecule has 0 aliphatic carbocycles. The van der Waals surface area contributed by atoms with Gasteiger partial charge in [0.2, 0.25) is 0 Å². The Hall–Kier alpha value is -0.830. The van der Waals surface area contributed by atoms with Gasteiger partial charge in [0, 0.05) is 11.5 Å². The number of aliphatic hydroxyl groups is 1. The summed E-state index contributed by atoms with van der Waals surface area (Å²) in [7, 11) is 0. The van der Waals surface area contributed by atoms with Gasteiger partial charge in [0.1, 0.15) is 5.60 Å². The fourth-order valence-electron chi connectivity index (χ4n) is 1.61. The average molecular weight is 224 g/mol. The SMILES string of the molecule is CC(C)n1nc(C(C)(C)C)cc1C(C)(C)O. The fraction of sp³-hybridized carbons (Fsp3) is 0.769. The summed E-state index contributed by atoms with van der Waals surface area (Å²) >= 11 is 0. The maximum atomic E-state index is 10.1. The summed E-state index contributed by atoms with van der Waals surface area (Å²) in [5.74, 6) is 0. The molecule has 0 amide bonds. The van der Waals surface area contributed by atoms with Gasteiger partial charge in [-0.3, -0.25) is 4.68 Å². The van der Waals surface area contributed by atoms with Crippen LogP contribution in [0.2, 0.25) is 0 Å². The van der Waals surface area contributed by atoms with E-state index in [-0.39, 0.29) is 11.5 Å². The molecule has 0 spiro atoms. The summed E-state index contributed by atoms with van der Waals surface area (Å²) in [5, 5.41) is 14.7. The highest BCUT2D eigenvalue weighted by Gasteiger charge is 2.27. The minimum absolute atomic E-state index is 0.0140. The van der Waals surface area contributed by atoms with Crippen molar-refractivity contribution in [1.82, 2.24) is 9.78 Å². The Morgan fingerprint density at radius 2 is 1.69 bits per heavy atom. The van der Waals surface area contributed by atoms with Gasteiger partial charge in [-0.2, -0.15) is 5.10 Å². The molecule has 3 nitrogen and oxygen atoms in total. The van der Waals surface area contributed by atoms with Crippen LogP contribution in [0.4, 0.5) is 0 Å². The molecule has 0 unspecified atom stereocenters. The lowest BCUT2D eigenvalue weighted by molar-refractivity contribution is 0.0669. The molecular formula is C13H24N2O. The smallest absolute Gasteiger partial charge is 0.101 e. The van der Waals surface area contributed by atoms with Gasteiger partial charge in [0.15, 0.2) is 0 Å². The molecule has 1 aromatic rings. The zero-order valence-electron chi connectivity index (χ0n) is 11.5. The predicted octanol–water partition coefficient (Wildman–Crippen LogP) is 2.99. The molecule has 0 radical (unpaired) electrons. The van der Waals surface area contributed by atoms with Crippen molar-refractivity contribution in [3.8, 4) is 0 Å². The van der Waals surface area contributed by atoms with E-state index in [1.807, 2.05) is 10.7 Å². The van der Waals surface area contributed by atoms with E-state index in [0.717, 1.165) is 11.4 Å². The van der Waals surface area contributed by atoms with E-state index in [4.69, 9.17) is 0 Å². The summed E-state index contributed by atoms with van der Waals surface area (Å²) in [6.45, 7) is 14.2. The molecule has 1 heterocycles. The molecule has 0 aromatic carbocycles. The Balaban J connectivity index is 3.32. The van der Waals surface area contributed by atoms with Crippen molar-refractivity contribution in [3.63, 3.8) is 0 Å². The van der Waals surface area contributed by atoms with Crippen molar-refractivity contribution in [1.29, 1.82) is 0 Å². The Kier molecular flexibility index (Phi) is 3.21. The van der Waals surface area contributed by atoms with Crippen molar-refractivity contribution < 1.29 is 5.11 Å². The number of rotatable bonds is 2. The minimum Gasteiger partial charge on any atom is -0.384 e. The van der Waals surface area contributed by atoms with Crippen LogP contribution in [0.1, 0.15) is 65.9 Å². The quantitative estimate of drug-likeness (QED) is 0.838. The summed E-state index contributed by atoms with van der Waals surface area (Å²) in [6.07, 6.45) is 0. The van der Waals surface area contributed by atoms with Gasteiger partial charge in [-0.25, -0.2) is 0 Å². The molecule has 0 atom stereocenters. The number of aromatic nitrogens is 2. The standard InChI is InChI=1S/C13H24N2O/c1-9(2)15-11(13(6,7)16)8-10(14-15)12(3,4)5/h8-9,16H,1-7H3. The highest BCUT2D eigenvalue weighted by Crippen LogP contribution is 2.28. The molecular weight excluding hydrogens is 200 g/mol. The summed E-state index contributed by atoms with van der Waals surface area (Å²) < 4.78 is 1.92. The lowest BCUT2D eigenvalue weighted by Gasteiger charge is -2.20. The first-order chi connectivity index (χ1) is 7.03. The van der Waals surface area contributed by atoms with Crippen LogP contribution in [-0.4, -0.2) is 14.9 Å². The van der Waals surface area contributed by atoms with E-state index in [1.165, 1.54) is 0 Å². The summed E-state index contributed by atoms with van der Waals surface area (Å²) in [5.41, 5.74) is 1.08. The normalized spacial score (nSPS) is 13.6. The fourth-order valence-corrected chi connectivity index (χ4v) is 1.61. The predicted molar refractivity (Wildman–Crippen MR) is 66.6 cm³/mol. The number of nitrogens with zero attached hydrogens (tertiary/aromatic N) is 2. The van der Waals surface area contributed by atoms with Crippen LogP contribution in [-0.2, 0) is 11.0 Å². The second-order valence-electron chi connectivity index (χ2n) is 6.26. The van der Waals surface area contributed by atoms with E-state index in [1.54, 1.807) is 13.8 Å². The molecule has 0 saturated heterocycles. The summed E-state index contributed by atoms with van der Waals surface area (Å²) in [4.78, 5) is 0. The van der Waals surface area contributed by atoms with Crippen molar-refractivity contribution in [3.05, 3.63) is 17.5 Å². The van der Waals surface area contributed by atoms with Crippen molar-refractivity contribution in [2.45, 2.75) is 65.5 Å². The Bertz CT molecular complexity index is 364. The largest absolute Gasteiger partial charge is 0.384 e. The molecule has 0 aliphatic rings. The Morgan fingerprint density at radius 1 is 1.19 bits per heavy atom. The highest BCUT2D eigenvalue weighted by atomic mass is 16.3. The lowest BCUT2D eigenvalue weighted by atomic mass is 9.91. The van der Waals surface area contributed by atoms with E-state index >= 15 is 0 Å². The van der Waals surface area contributed by atoms with Crippen LogP contribution in [0, 0.1) is 0 Å². The van der Waals surface area contributed by atoms with Crippen LogP contribution in [0.5, 0.6) is 0 Å². The van der Waals surface area contributed by atoms with Crippen molar-refractivity contribution >= 4 is 0 Å². The average Bonchev–Trinajstić information content (AvgIpc) is 2.44. The van der Waals surface area contributed by atoms with Gasteiger partial charge in [0.05, 0.1) is 11.4 Å². The van der Waals surface area contributed by atoms with Crippen molar-refractivity contribution in [2.75, 3.05) is 0 Å². The van der Waals surface area contributed by atoms with Crippen LogP contribution in [0.15, 0.2) is 6.07 Å². The Morgan fingerprint density at radius 3 is 1.94 bits per heavy atom. The molecule has 1 aromatic heterocycles. The lowest BCUT2D eigenvalue weighted by Crippen LogP contribution is -2.22. The topological polar surface area (TPSA) is 38.0 Å². The van der Waals surface area contributed by atoms with Crippen LogP contribution in [0.3, 0.4) is 0 Å². The van der Waals surface area contributed by atoms with Crippen LogP contribution >= 0.6 is 0 Å². The third-order valence-electron chi connectivity index (χ3n) is 2.62. The third kappa shape index (κ3) is 2.64. The van der Waals surface area contributed by atoms with Gasteiger partial charge < -0.3 is 5.11 Å². The third-order valence-corrected chi connectivity index (χ3v) is 2.62. The first-order valence-corrected chi connectivity index (χ1v) is 5.86. The van der Waals surface area contributed by atoms with Crippen LogP contribution < -0.4 is 0 Å². The van der Waals surface area contributed by atoms with Crippen LogP contribution in [0.25, 0.3) is 0 Å². The highest BCUT2D eigenvalue weighted by molar-refractivity contribution is 5.21. The second-order valence-corrected chi connectivity index (χ2v) is 6.26.